The third-order valence-corrected chi connectivity index (χ3v) is 6.43. The number of likely N-dealkylation sites (tertiary alicyclic amines) is 1. The molecule has 2 aliphatic heterocycles. The lowest BCUT2D eigenvalue weighted by Gasteiger charge is -2.42. The van der Waals surface area contributed by atoms with Gasteiger partial charge in [-0.15, -0.1) is 0 Å². The molecule has 13 heteroatoms. The number of carbonyl (C=O) groups is 3. The summed E-state index contributed by atoms with van der Waals surface area (Å²) in [5.74, 6) is -3.18. The molecule has 204 valence electrons. The topological polar surface area (TPSA) is 83.0 Å². The molecule has 0 bridgehead atoms. The van der Waals surface area contributed by atoms with Crippen LogP contribution >= 0.6 is 0 Å². The van der Waals surface area contributed by atoms with Crippen molar-refractivity contribution in [3.05, 3.63) is 59.3 Å². The van der Waals surface area contributed by atoms with Crippen molar-refractivity contribution in [3.63, 3.8) is 0 Å². The van der Waals surface area contributed by atoms with Gasteiger partial charge < -0.3 is 14.5 Å². The Bertz CT molecular complexity index is 1270. The number of ether oxygens (including phenoxy) is 1. The lowest BCUT2D eigenvalue weighted by Crippen LogP contribution is -2.57. The van der Waals surface area contributed by atoms with Crippen LogP contribution in [0, 0.1) is 11.6 Å². The van der Waals surface area contributed by atoms with Gasteiger partial charge in [-0.2, -0.15) is 13.2 Å². The summed E-state index contributed by atoms with van der Waals surface area (Å²) in [5, 5.41) is 0. The molecule has 3 heterocycles. The monoisotopic (exact) mass is 540 g/mol. The molecule has 38 heavy (non-hydrogen) atoms. The Balaban J connectivity index is 1.70. The lowest BCUT2D eigenvalue weighted by molar-refractivity contribution is -0.137. The van der Waals surface area contributed by atoms with Gasteiger partial charge in [0.05, 0.1) is 12.1 Å². The van der Waals surface area contributed by atoms with Gasteiger partial charge in [0, 0.05) is 30.9 Å². The van der Waals surface area contributed by atoms with Gasteiger partial charge in [-0.05, 0) is 51.8 Å². The summed E-state index contributed by atoms with van der Waals surface area (Å²) in [6, 6.07) is 3.02. The van der Waals surface area contributed by atoms with Crippen LogP contribution in [0.3, 0.4) is 0 Å². The molecular weight excluding hydrogens is 515 g/mol. The maximum atomic E-state index is 14.5. The van der Waals surface area contributed by atoms with Gasteiger partial charge in [-0.25, -0.2) is 28.3 Å². The molecule has 1 aromatic heterocycles. The SMILES string of the molecule is CC(C)(C)OC(=O)N1CCC2(CC1)C(=O)N(c1cc(C(F)(F)F)ccn1)C(=O)N2Cc1ccc(F)cc1F. The maximum Gasteiger partial charge on any atom is 0.416 e. The van der Waals surface area contributed by atoms with Gasteiger partial charge in [-0.1, -0.05) is 6.07 Å². The van der Waals surface area contributed by atoms with E-state index in [4.69, 9.17) is 4.74 Å². The number of pyridine rings is 1. The Morgan fingerprint density at radius 1 is 1.05 bits per heavy atom. The summed E-state index contributed by atoms with van der Waals surface area (Å²) in [5.41, 5.74) is -3.59. The van der Waals surface area contributed by atoms with E-state index in [1.165, 1.54) is 4.90 Å². The maximum absolute atomic E-state index is 14.5. The average Bonchev–Trinajstić information content (AvgIpc) is 3.00. The first kappa shape index (κ1) is 27.3. The number of aromatic nitrogens is 1. The van der Waals surface area contributed by atoms with Crippen LogP contribution in [-0.4, -0.2) is 57.0 Å². The Hall–Kier alpha value is -3.77. The number of alkyl halides is 3. The molecule has 2 aromatic rings. The van der Waals surface area contributed by atoms with Gasteiger partial charge in [-0.3, -0.25) is 4.79 Å². The van der Waals surface area contributed by atoms with Crippen molar-refractivity contribution in [2.45, 2.75) is 57.5 Å². The number of nitrogens with zero attached hydrogens (tertiary/aromatic N) is 4. The van der Waals surface area contributed by atoms with E-state index in [0.29, 0.717) is 23.1 Å². The van der Waals surface area contributed by atoms with Gasteiger partial charge >= 0.3 is 18.3 Å². The van der Waals surface area contributed by atoms with Crippen molar-refractivity contribution in [2.75, 3.05) is 18.0 Å². The number of hydrogen-bond acceptors (Lipinski definition) is 5. The van der Waals surface area contributed by atoms with Gasteiger partial charge in [0.25, 0.3) is 5.91 Å². The van der Waals surface area contributed by atoms with E-state index in [0.717, 1.165) is 23.2 Å². The predicted octanol–water partition coefficient (Wildman–Crippen LogP) is 5.12. The average molecular weight is 540 g/mol. The molecule has 1 aromatic carbocycles. The molecular formula is C25H25F5N4O4. The zero-order valence-electron chi connectivity index (χ0n) is 20.8. The fourth-order valence-electron chi connectivity index (χ4n) is 4.54. The molecule has 0 atom stereocenters. The van der Waals surface area contributed by atoms with E-state index < -0.39 is 64.9 Å². The Morgan fingerprint density at radius 2 is 1.71 bits per heavy atom. The Morgan fingerprint density at radius 3 is 2.29 bits per heavy atom. The number of rotatable bonds is 3. The van der Waals surface area contributed by atoms with E-state index in [9.17, 15) is 36.3 Å². The smallest absolute Gasteiger partial charge is 0.416 e. The number of amides is 4. The summed E-state index contributed by atoms with van der Waals surface area (Å²) in [6.45, 7) is 4.58. The first-order chi connectivity index (χ1) is 17.6. The highest BCUT2D eigenvalue weighted by atomic mass is 19.4. The van der Waals surface area contributed by atoms with Crippen LogP contribution < -0.4 is 4.90 Å². The number of piperidine rings is 1. The van der Waals surface area contributed by atoms with Crippen LogP contribution in [0.25, 0.3) is 0 Å². The molecule has 0 N–H and O–H groups in total. The number of hydrogen-bond donors (Lipinski definition) is 0. The third-order valence-electron chi connectivity index (χ3n) is 6.43. The number of imide groups is 1. The molecule has 0 saturated carbocycles. The molecule has 0 unspecified atom stereocenters. The number of halogens is 5. The molecule has 8 nitrogen and oxygen atoms in total. The second kappa shape index (κ2) is 9.52. The Labute approximate surface area is 215 Å². The van der Waals surface area contributed by atoms with Crippen molar-refractivity contribution < 1.29 is 41.1 Å². The van der Waals surface area contributed by atoms with E-state index in [-0.39, 0.29) is 31.5 Å². The third kappa shape index (κ3) is 5.14. The summed E-state index contributed by atoms with van der Waals surface area (Å²) in [7, 11) is 0. The molecule has 2 saturated heterocycles. The zero-order chi connectivity index (χ0) is 28.0. The van der Waals surface area contributed by atoms with Crippen LogP contribution in [0.2, 0.25) is 0 Å². The van der Waals surface area contributed by atoms with E-state index >= 15 is 0 Å². The highest BCUT2D eigenvalue weighted by molar-refractivity contribution is 6.22. The second-order valence-corrected chi connectivity index (χ2v) is 10.1. The lowest BCUT2D eigenvalue weighted by atomic mass is 9.85. The summed E-state index contributed by atoms with van der Waals surface area (Å²) >= 11 is 0. The summed E-state index contributed by atoms with van der Waals surface area (Å²) in [4.78, 5) is 46.6. The van der Waals surface area contributed by atoms with Crippen LogP contribution in [0.15, 0.2) is 36.5 Å². The fourth-order valence-corrected chi connectivity index (χ4v) is 4.54. The first-order valence-corrected chi connectivity index (χ1v) is 11.7. The standard InChI is InChI=1S/C25H25F5N4O4/c1-23(2,3)38-22(37)32-10-7-24(8-11-32)20(35)34(19-12-16(6-9-31-19)25(28,29)30)21(36)33(24)14-15-4-5-17(26)13-18(15)27/h4-6,9,12-13H,7-8,10-11,14H2,1-3H3. The molecule has 4 rings (SSSR count). The fraction of sp³-hybridized carbons (Fsp3) is 0.440. The highest BCUT2D eigenvalue weighted by Gasteiger charge is 2.59. The van der Waals surface area contributed by atoms with Crippen molar-refractivity contribution in [2.24, 2.45) is 0 Å². The largest absolute Gasteiger partial charge is 0.444 e. The summed E-state index contributed by atoms with van der Waals surface area (Å²) < 4.78 is 73.3. The highest BCUT2D eigenvalue weighted by Crippen LogP contribution is 2.41. The van der Waals surface area contributed by atoms with Crippen molar-refractivity contribution in [3.8, 4) is 0 Å². The van der Waals surface area contributed by atoms with Crippen LogP contribution in [0.4, 0.5) is 37.4 Å². The van der Waals surface area contributed by atoms with Crippen LogP contribution in [0.1, 0.15) is 44.7 Å². The number of urea groups is 1. The second-order valence-electron chi connectivity index (χ2n) is 10.1. The Kier molecular flexibility index (Phi) is 6.83. The molecule has 0 radical (unpaired) electrons. The number of benzene rings is 1. The quantitative estimate of drug-likeness (QED) is 0.399. The van der Waals surface area contributed by atoms with E-state index in [2.05, 4.69) is 4.98 Å². The molecule has 1 spiro atoms. The van der Waals surface area contributed by atoms with Crippen LogP contribution in [-0.2, 0) is 22.3 Å². The van der Waals surface area contributed by atoms with Crippen LogP contribution in [0.5, 0.6) is 0 Å². The number of carbonyl (C=O) groups excluding carboxylic acids is 3. The predicted molar refractivity (Wildman–Crippen MR) is 124 cm³/mol. The first-order valence-electron chi connectivity index (χ1n) is 11.7. The van der Waals surface area contributed by atoms with Gasteiger partial charge in [0.15, 0.2) is 0 Å². The minimum absolute atomic E-state index is 0.0137. The van der Waals surface area contributed by atoms with Crippen molar-refractivity contribution in [1.29, 1.82) is 0 Å². The minimum Gasteiger partial charge on any atom is -0.444 e. The normalized spacial score (nSPS) is 17.9. The molecule has 2 aliphatic rings. The zero-order valence-corrected chi connectivity index (χ0v) is 20.8. The minimum atomic E-state index is -4.75. The van der Waals surface area contributed by atoms with E-state index in [1.807, 2.05) is 0 Å². The van der Waals surface area contributed by atoms with Crippen molar-refractivity contribution in [1.82, 2.24) is 14.8 Å². The number of anilines is 1. The van der Waals surface area contributed by atoms with E-state index in [1.54, 1.807) is 20.8 Å². The summed E-state index contributed by atoms with van der Waals surface area (Å²) in [6.07, 6.45) is -4.73. The molecule has 0 aliphatic carbocycles. The van der Waals surface area contributed by atoms with Crippen molar-refractivity contribution >= 4 is 23.8 Å². The van der Waals surface area contributed by atoms with Gasteiger partial charge in [0.1, 0.15) is 28.6 Å². The molecule has 2 fully saturated rings. The molecule has 4 amide bonds. The van der Waals surface area contributed by atoms with Gasteiger partial charge in [0.2, 0.25) is 0 Å².